The van der Waals surface area contributed by atoms with Crippen LogP contribution in [0.4, 0.5) is 0 Å². The summed E-state index contributed by atoms with van der Waals surface area (Å²) < 4.78 is 16.0. The van der Waals surface area contributed by atoms with Gasteiger partial charge in [0.25, 0.3) is 0 Å². The van der Waals surface area contributed by atoms with Crippen molar-refractivity contribution in [3.8, 4) is 0 Å². The summed E-state index contributed by atoms with van der Waals surface area (Å²) in [6.45, 7) is 4.50. The molecule has 0 aromatic rings. The average Bonchev–Trinajstić information content (AvgIpc) is 2.93. The highest BCUT2D eigenvalue weighted by Crippen LogP contribution is 2.20. The van der Waals surface area contributed by atoms with E-state index in [0.29, 0.717) is 25.6 Å². The van der Waals surface area contributed by atoms with Crippen LogP contribution in [0.25, 0.3) is 0 Å². The minimum Gasteiger partial charge on any atom is -0.382 e. The Bertz CT molecular complexity index is 271. The Morgan fingerprint density at radius 2 is 2.05 bits per heavy atom. The van der Waals surface area contributed by atoms with E-state index >= 15 is 0 Å². The molecular weight excluding hydrogens is 246 g/mol. The zero-order valence-corrected chi connectivity index (χ0v) is 11.8. The van der Waals surface area contributed by atoms with Crippen molar-refractivity contribution in [2.24, 2.45) is 5.92 Å². The number of piperidine rings is 1. The van der Waals surface area contributed by atoms with E-state index in [0.717, 1.165) is 45.6 Å². The second-order valence-electron chi connectivity index (χ2n) is 5.38. The van der Waals surface area contributed by atoms with Crippen LogP contribution in [0.3, 0.4) is 0 Å². The number of likely N-dealkylation sites (tertiary alicyclic amines) is 1. The van der Waals surface area contributed by atoms with E-state index in [1.54, 1.807) is 7.11 Å². The Labute approximate surface area is 115 Å². The summed E-state index contributed by atoms with van der Waals surface area (Å²) in [7, 11) is 1.68. The van der Waals surface area contributed by atoms with E-state index in [-0.39, 0.29) is 12.0 Å². The van der Waals surface area contributed by atoms with Gasteiger partial charge < -0.3 is 19.1 Å². The van der Waals surface area contributed by atoms with Crippen molar-refractivity contribution in [2.45, 2.75) is 31.8 Å². The van der Waals surface area contributed by atoms with E-state index in [4.69, 9.17) is 14.2 Å². The van der Waals surface area contributed by atoms with Crippen molar-refractivity contribution < 1.29 is 19.0 Å². The van der Waals surface area contributed by atoms with Gasteiger partial charge >= 0.3 is 0 Å². The number of carbonyl (C=O) groups is 1. The molecule has 0 N–H and O–H groups in total. The van der Waals surface area contributed by atoms with Crippen molar-refractivity contribution >= 4 is 5.91 Å². The van der Waals surface area contributed by atoms with Crippen LogP contribution in [0.15, 0.2) is 0 Å². The lowest BCUT2D eigenvalue weighted by molar-refractivity contribution is -0.135. The fraction of sp³-hybridized carbons (Fsp3) is 0.929. The van der Waals surface area contributed by atoms with E-state index in [1.165, 1.54) is 0 Å². The molecule has 0 aromatic heterocycles. The maximum absolute atomic E-state index is 12.1. The zero-order chi connectivity index (χ0) is 13.5. The van der Waals surface area contributed by atoms with E-state index in [2.05, 4.69) is 0 Å². The Balaban J connectivity index is 1.63. The topological polar surface area (TPSA) is 48.0 Å². The number of nitrogens with zero attached hydrogens (tertiary/aromatic N) is 1. The van der Waals surface area contributed by atoms with Crippen molar-refractivity contribution in [1.29, 1.82) is 0 Å². The summed E-state index contributed by atoms with van der Waals surface area (Å²) in [4.78, 5) is 14.1. The third-order valence-corrected chi connectivity index (χ3v) is 3.92. The van der Waals surface area contributed by atoms with Gasteiger partial charge in [0.2, 0.25) is 5.91 Å². The molecule has 0 aromatic carbocycles. The van der Waals surface area contributed by atoms with Crippen molar-refractivity contribution in [3.63, 3.8) is 0 Å². The number of amides is 1. The highest BCUT2D eigenvalue weighted by atomic mass is 16.5. The third-order valence-electron chi connectivity index (χ3n) is 3.92. The van der Waals surface area contributed by atoms with Gasteiger partial charge in [0.1, 0.15) is 0 Å². The quantitative estimate of drug-likeness (QED) is 0.678. The van der Waals surface area contributed by atoms with E-state index in [1.807, 2.05) is 4.90 Å². The molecule has 0 bridgehead atoms. The van der Waals surface area contributed by atoms with Gasteiger partial charge in [0.15, 0.2) is 0 Å². The first-order valence-corrected chi connectivity index (χ1v) is 7.25. The standard InChI is InChI=1S/C14H25NO4/c1-17-8-9-19-13-2-5-15(6-3-13)14(16)10-12-4-7-18-11-12/h12-13H,2-11H2,1H3/t12-/m1/s1. The first-order chi connectivity index (χ1) is 9.29. The SMILES string of the molecule is COCCOC1CCN(C(=O)C[C@H]2CCOC2)CC1. The minimum atomic E-state index is 0.283. The molecule has 2 rings (SSSR count). The Morgan fingerprint density at radius 1 is 1.26 bits per heavy atom. The van der Waals surface area contributed by atoms with Crippen LogP contribution in [0.1, 0.15) is 25.7 Å². The molecule has 0 radical (unpaired) electrons. The summed E-state index contributed by atoms with van der Waals surface area (Å²) in [6.07, 6.45) is 3.85. The second kappa shape index (κ2) is 7.82. The van der Waals surface area contributed by atoms with Crippen molar-refractivity contribution in [3.05, 3.63) is 0 Å². The first-order valence-electron chi connectivity index (χ1n) is 7.25. The summed E-state index contributed by atoms with van der Waals surface area (Å²) in [5.74, 6) is 0.717. The van der Waals surface area contributed by atoms with Crippen LogP contribution in [0.5, 0.6) is 0 Å². The maximum atomic E-state index is 12.1. The second-order valence-corrected chi connectivity index (χ2v) is 5.38. The molecule has 2 heterocycles. The minimum absolute atomic E-state index is 0.283. The number of carbonyl (C=O) groups excluding carboxylic acids is 1. The van der Waals surface area contributed by atoms with Crippen LogP contribution in [0.2, 0.25) is 0 Å². The lowest BCUT2D eigenvalue weighted by atomic mass is 10.0. The number of rotatable bonds is 6. The number of ether oxygens (including phenoxy) is 3. The van der Waals surface area contributed by atoms with Gasteiger partial charge in [-0.25, -0.2) is 0 Å². The van der Waals surface area contributed by atoms with Crippen LogP contribution in [-0.2, 0) is 19.0 Å². The molecule has 1 atom stereocenters. The van der Waals surface area contributed by atoms with E-state index in [9.17, 15) is 4.79 Å². The molecule has 1 amide bonds. The summed E-state index contributed by atoms with van der Waals surface area (Å²) in [6, 6.07) is 0. The molecule has 5 nitrogen and oxygen atoms in total. The summed E-state index contributed by atoms with van der Waals surface area (Å²) >= 11 is 0. The fourth-order valence-electron chi connectivity index (χ4n) is 2.69. The van der Waals surface area contributed by atoms with Gasteiger partial charge in [-0.1, -0.05) is 0 Å². The molecule has 0 aliphatic carbocycles. The molecular formula is C14H25NO4. The van der Waals surface area contributed by atoms with Gasteiger partial charge in [0.05, 0.1) is 19.3 Å². The lowest BCUT2D eigenvalue weighted by Crippen LogP contribution is -2.41. The highest BCUT2D eigenvalue weighted by Gasteiger charge is 2.26. The molecule has 19 heavy (non-hydrogen) atoms. The number of hydrogen-bond donors (Lipinski definition) is 0. The van der Waals surface area contributed by atoms with Gasteiger partial charge in [-0.05, 0) is 25.2 Å². The number of hydrogen-bond acceptors (Lipinski definition) is 4. The van der Waals surface area contributed by atoms with Crippen LogP contribution in [0, 0.1) is 5.92 Å². The molecule has 5 heteroatoms. The molecule has 0 saturated carbocycles. The molecule has 2 aliphatic heterocycles. The van der Waals surface area contributed by atoms with Crippen LogP contribution in [-0.4, -0.2) is 63.5 Å². The molecule has 2 aliphatic rings. The lowest BCUT2D eigenvalue weighted by Gasteiger charge is -2.32. The molecule has 0 spiro atoms. The predicted molar refractivity (Wildman–Crippen MR) is 71.0 cm³/mol. The van der Waals surface area contributed by atoms with Crippen LogP contribution >= 0.6 is 0 Å². The van der Waals surface area contributed by atoms with Gasteiger partial charge in [-0.15, -0.1) is 0 Å². The highest BCUT2D eigenvalue weighted by molar-refractivity contribution is 5.76. The Kier molecular flexibility index (Phi) is 6.07. The predicted octanol–water partition coefficient (Wildman–Crippen LogP) is 1.07. The smallest absolute Gasteiger partial charge is 0.222 e. The van der Waals surface area contributed by atoms with Gasteiger partial charge in [-0.3, -0.25) is 4.79 Å². The largest absolute Gasteiger partial charge is 0.382 e. The third kappa shape index (κ3) is 4.75. The summed E-state index contributed by atoms with van der Waals surface area (Å²) in [5.41, 5.74) is 0. The molecule has 2 saturated heterocycles. The first kappa shape index (κ1) is 14.8. The van der Waals surface area contributed by atoms with E-state index < -0.39 is 0 Å². The van der Waals surface area contributed by atoms with Crippen molar-refractivity contribution in [2.75, 3.05) is 46.6 Å². The monoisotopic (exact) mass is 271 g/mol. The average molecular weight is 271 g/mol. The summed E-state index contributed by atoms with van der Waals surface area (Å²) in [5, 5.41) is 0. The Morgan fingerprint density at radius 3 is 2.68 bits per heavy atom. The molecule has 2 fully saturated rings. The normalized spacial score (nSPS) is 24.9. The number of methoxy groups -OCH3 is 1. The van der Waals surface area contributed by atoms with Gasteiger partial charge in [-0.2, -0.15) is 0 Å². The maximum Gasteiger partial charge on any atom is 0.222 e. The van der Waals surface area contributed by atoms with Crippen LogP contribution < -0.4 is 0 Å². The fourth-order valence-corrected chi connectivity index (χ4v) is 2.69. The van der Waals surface area contributed by atoms with Crippen molar-refractivity contribution in [1.82, 2.24) is 4.90 Å². The molecule has 110 valence electrons. The molecule has 0 unspecified atom stereocenters. The Hall–Kier alpha value is -0.650. The zero-order valence-electron chi connectivity index (χ0n) is 11.8. The van der Waals surface area contributed by atoms with Gasteiger partial charge in [0, 0.05) is 39.8 Å².